The van der Waals surface area contributed by atoms with Crippen molar-refractivity contribution in [2.24, 2.45) is 0 Å². The quantitative estimate of drug-likeness (QED) is 0.846. The summed E-state index contributed by atoms with van der Waals surface area (Å²) in [6.45, 7) is 2.00. The molecule has 2 aromatic rings. The highest BCUT2D eigenvalue weighted by Gasteiger charge is 2.10. The van der Waals surface area contributed by atoms with E-state index in [9.17, 15) is 8.42 Å². The van der Waals surface area contributed by atoms with Gasteiger partial charge in [-0.2, -0.15) is 0 Å². The van der Waals surface area contributed by atoms with Gasteiger partial charge in [-0.3, -0.25) is 0 Å². The Balaban J connectivity index is 2.60. The van der Waals surface area contributed by atoms with Gasteiger partial charge in [0.25, 0.3) is 0 Å². The zero-order valence-electron chi connectivity index (χ0n) is 8.74. The molecule has 0 amide bonds. The van der Waals surface area contributed by atoms with Gasteiger partial charge in [0.2, 0.25) is 0 Å². The molecule has 0 aliphatic heterocycles. The van der Waals surface area contributed by atoms with Crippen molar-refractivity contribution >= 4 is 20.7 Å². The lowest BCUT2D eigenvalue weighted by molar-refractivity contribution is 0.601. The Kier molecular flexibility index (Phi) is 2.31. The summed E-state index contributed by atoms with van der Waals surface area (Å²) in [4.78, 5) is 3.11. The minimum Gasteiger partial charge on any atom is -0.361 e. The van der Waals surface area contributed by atoms with Gasteiger partial charge in [-0.05, 0) is 18.1 Å². The molecule has 1 heterocycles. The van der Waals surface area contributed by atoms with Crippen molar-refractivity contribution in [1.29, 1.82) is 0 Å². The number of hydrogen-bond acceptors (Lipinski definition) is 2. The molecular weight excluding hydrogens is 210 g/mol. The van der Waals surface area contributed by atoms with Crippen molar-refractivity contribution < 1.29 is 8.42 Å². The Morgan fingerprint density at radius 2 is 2.07 bits per heavy atom. The van der Waals surface area contributed by atoms with Crippen LogP contribution in [-0.4, -0.2) is 19.7 Å². The first kappa shape index (κ1) is 10.2. The zero-order valence-corrected chi connectivity index (χ0v) is 9.56. The smallest absolute Gasteiger partial charge is 0.151 e. The highest BCUT2D eigenvalue weighted by Crippen LogP contribution is 2.22. The second-order valence-corrected chi connectivity index (χ2v) is 6.02. The Morgan fingerprint density at radius 3 is 2.73 bits per heavy atom. The standard InChI is InChI=1S/C11H13NO2S/c1-8-4-3-5-10-9(6-12-11(8)10)7-15(2,13)14/h3-6,12H,7H2,1-2H3. The second kappa shape index (κ2) is 3.38. The van der Waals surface area contributed by atoms with E-state index in [4.69, 9.17) is 0 Å². The van der Waals surface area contributed by atoms with E-state index in [1.165, 1.54) is 6.26 Å². The van der Waals surface area contributed by atoms with Crippen LogP contribution < -0.4 is 0 Å². The maximum Gasteiger partial charge on any atom is 0.151 e. The number of para-hydroxylation sites is 1. The van der Waals surface area contributed by atoms with Crippen molar-refractivity contribution in [3.8, 4) is 0 Å². The molecule has 0 fully saturated rings. The van der Waals surface area contributed by atoms with Gasteiger partial charge in [0.05, 0.1) is 5.75 Å². The molecule has 2 rings (SSSR count). The zero-order chi connectivity index (χ0) is 11.1. The number of fused-ring (bicyclic) bond motifs is 1. The summed E-state index contributed by atoms with van der Waals surface area (Å²) in [5.74, 6) is 0.0937. The Morgan fingerprint density at radius 1 is 1.33 bits per heavy atom. The molecule has 80 valence electrons. The van der Waals surface area contributed by atoms with E-state index in [1.54, 1.807) is 6.20 Å². The predicted molar refractivity (Wildman–Crippen MR) is 61.6 cm³/mol. The summed E-state index contributed by atoms with van der Waals surface area (Å²) in [5.41, 5.74) is 3.00. The monoisotopic (exact) mass is 223 g/mol. The molecular formula is C11H13NO2S. The minimum atomic E-state index is -2.97. The van der Waals surface area contributed by atoms with Crippen molar-refractivity contribution in [3.05, 3.63) is 35.5 Å². The SMILES string of the molecule is Cc1cccc2c(CS(C)(=O)=O)c[nH]c12. The second-order valence-electron chi connectivity index (χ2n) is 3.88. The number of hydrogen-bond donors (Lipinski definition) is 1. The van der Waals surface area contributed by atoms with E-state index < -0.39 is 9.84 Å². The van der Waals surface area contributed by atoms with Crippen LogP contribution in [0, 0.1) is 6.92 Å². The predicted octanol–water partition coefficient (Wildman–Crippen LogP) is 2.02. The van der Waals surface area contributed by atoms with Gasteiger partial charge in [0, 0.05) is 23.4 Å². The topological polar surface area (TPSA) is 49.9 Å². The largest absolute Gasteiger partial charge is 0.361 e. The first-order chi connectivity index (χ1) is 6.97. The average Bonchev–Trinajstić information content (AvgIpc) is 2.48. The minimum absolute atomic E-state index is 0.0937. The van der Waals surface area contributed by atoms with Gasteiger partial charge in [0.15, 0.2) is 9.84 Å². The molecule has 0 saturated heterocycles. The fourth-order valence-electron chi connectivity index (χ4n) is 1.77. The normalized spacial score (nSPS) is 12.1. The van der Waals surface area contributed by atoms with Crippen LogP contribution >= 0.6 is 0 Å². The first-order valence-corrected chi connectivity index (χ1v) is 6.77. The number of H-pyrrole nitrogens is 1. The summed E-state index contributed by atoms with van der Waals surface area (Å²) >= 11 is 0. The third kappa shape index (κ3) is 2.04. The molecule has 0 unspecified atom stereocenters. The molecule has 15 heavy (non-hydrogen) atoms. The van der Waals surface area contributed by atoms with E-state index in [0.717, 1.165) is 22.0 Å². The van der Waals surface area contributed by atoms with Crippen LogP contribution in [0.4, 0.5) is 0 Å². The highest BCUT2D eigenvalue weighted by atomic mass is 32.2. The van der Waals surface area contributed by atoms with Gasteiger partial charge >= 0.3 is 0 Å². The Hall–Kier alpha value is -1.29. The fraction of sp³-hybridized carbons (Fsp3) is 0.273. The van der Waals surface area contributed by atoms with Crippen LogP contribution in [0.1, 0.15) is 11.1 Å². The Labute approximate surface area is 89.0 Å². The number of rotatable bonds is 2. The van der Waals surface area contributed by atoms with E-state index in [1.807, 2.05) is 25.1 Å². The molecule has 0 bridgehead atoms. The molecule has 0 spiro atoms. The molecule has 3 nitrogen and oxygen atoms in total. The van der Waals surface area contributed by atoms with E-state index in [2.05, 4.69) is 4.98 Å². The summed E-state index contributed by atoms with van der Waals surface area (Å²) < 4.78 is 22.4. The third-order valence-electron chi connectivity index (χ3n) is 2.43. The molecule has 0 aliphatic rings. The highest BCUT2D eigenvalue weighted by molar-refractivity contribution is 7.89. The molecule has 1 aromatic heterocycles. The lowest BCUT2D eigenvalue weighted by Gasteiger charge is -1.98. The van der Waals surface area contributed by atoms with Crippen LogP contribution in [0.2, 0.25) is 0 Å². The molecule has 4 heteroatoms. The number of aromatic amines is 1. The average molecular weight is 223 g/mol. The van der Waals surface area contributed by atoms with Crippen LogP contribution in [0.15, 0.2) is 24.4 Å². The molecule has 1 N–H and O–H groups in total. The summed E-state index contributed by atoms with van der Waals surface area (Å²) in [6.07, 6.45) is 3.03. The first-order valence-electron chi connectivity index (χ1n) is 4.71. The summed E-state index contributed by atoms with van der Waals surface area (Å²) in [5, 5.41) is 1.00. The molecule has 0 atom stereocenters. The molecule has 0 saturated carbocycles. The lowest BCUT2D eigenvalue weighted by Crippen LogP contribution is -1.99. The number of nitrogens with one attached hydrogen (secondary N) is 1. The van der Waals surface area contributed by atoms with Crippen LogP contribution in [0.25, 0.3) is 10.9 Å². The fourth-order valence-corrected chi connectivity index (χ4v) is 2.57. The number of aromatic nitrogens is 1. The van der Waals surface area contributed by atoms with E-state index in [-0.39, 0.29) is 5.75 Å². The van der Waals surface area contributed by atoms with Crippen molar-refractivity contribution in [2.75, 3.05) is 6.26 Å². The van der Waals surface area contributed by atoms with Gasteiger partial charge in [-0.15, -0.1) is 0 Å². The Bertz CT molecular complexity index is 596. The number of sulfone groups is 1. The number of benzene rings is 1. The van der Waals surface area contributed by atoms with Gasteiger partial charge < -0.3 is 4.98 Å². The molecule has 1 aromatic carbocycles. The van der Waals surface area contributed by atoms with E-state index >= 15 is 0 Å². The maximum absolute atomic E-state index is 11.2. The van der Waals surface area contributed by atoms with Gasteiger partial charge in [-0.1, -0.05) is 18.2 Å². The molecule has 0 radical (unpaired) electrons. The van der Waals surface area contributed by atoms with Gasteiger partial charge in [-0.25, -0.2) is 8.42 Å². The van der Waals surface area contributed by atoms with Crippen LogP contribution in [-0.2, 0) is 15.6 Å². The van der Waals surface area contributed by atoms with Gasteiger partial charge in [0.1, 0.15) is 0 Å². The third-order valence-corrected chi connectivity index (χ3v) is 3.26. The van der Waals surface area contributed by atoms with Crippen molar-refractivity contribution in [3.63, 3.8) is 0 Å². The summed E-state index contributed by atoms with van der Waals surface area (Å²) in [7, 11) is -2.97. The number of aryl methyl sites for hydroxylation is 1. The van der Waals surface area contributed by atoms with Crippen molar-refractivity contribution in [2.45, 2.75) is 12.7 Å². The van der Waals surface area contributed by atoms with E-state index in [0.29, 0.717) is 0 Å². The molecule has 0 aliphatic carbocycles. The van der Waals surface area contributed by atoms with Crippen LogP contribution in [0.5, 0.6) is 0 Å². The van der Waals surface area contributed by atoms with Crippen molar-refractivity contribution in [1.82, 2.24) is 4.98 Å². The maximum atomic E-state index is 11.2. The van der Waals surface area contributed by atoms with Crippen LogP contribution in [0.3, 0.4) is 0 Å². The summed E-state index contributed by atoms with van der Waals surface area (Å²) in [6, 6.07) is 5.89. The lowest BCUT2D eigenvalue weighted by atomic mass is 10.1.